The van der Waals surface area contributed by atoms with E-state index in [0.29, 0.717) is 11.5 Å². The number of azo groups is 1. The lowest BCUT2D eigenvalue weighted by atomic mass is 10.2. The number of hydrogen-bond donors (Lipinski definition) is 1. The summed E-state index contributed by atoms with van der Waals surface area (Å²) in [6.45, 7) is 0. The molecule has 0 aliphatic carbocycles. The van der Waals surface area contributed by atoms with Gasteiger partial charge in [-0.15, -0.1) is 10.2 Å². The predicted octanol–water partition coefficient (Wildman–Crippen LogP) is 3.27. The van der Waals surface area contributed by atoms with Gasteiger partial charge in [-0.05, 0) is 24.3 Å². The SMILES string of the molecule is CN(C)c1ccc(N=Nc2ccccn2)c(O)c1. The van der Waals surface area contributed by atoms with Crippen LogP contribution in [0.1, 0.15) is 0 Å². The molecular formula is C13H14N4O. The van der Waals surface area contributed by atoms with Crippen LogP contribution in [0.25, 0.3) is 0 Å². The highest BCUT2D eigenvalue weighted by molar-refractivity contribution is 5.60. The van der Waals surface area contributed by atoms with Gasteiger partial charge in [-0.2, -0.15) is 0 Å². The molecule has 0 aliphatic heterocycles. The lowest BCUT2D eigenvalue weighted by Crippen LogP contribution is -2.07. The molecule has 0 aliphatic rings. The normalized spacial score (nSPS) is 10.8. The Bertz CT molecular complexity index is 552. The van der Waals surface area contributed by atoms with Crippen LogP contribution in [0.4, 0.5) is 17.2 Å². The summed E-state index contributed by atoms with van der Waals surface area (Å²) in [6, 6.07) is 10.6. The van der Waals surface area contributed by atoms with Crippen LogP contribution in [0.5, 0.6) is 5.75 Å². The first kappa shape index (κ1) is 12.0. The molecule has 92 valence electrons. The molecule has 1 N–H and O–H groups in total. The molecule has 0 amide bonds. The average Bonchev–Trinajstić information content (AvgIpc) is 2.38. The van der Waals surface area contributed by atoms with Crippen LogP contribution in [0, 0.1) is 0 Å². The molecular weight excluding hydrogens is 228 g/mol. The van der Waals surface area contributed by atoms with Gasteiger partial charge in [0, 0.05) is 32.0 Å². The van der Waals surface area contributed by atoms with Gasteiger partial charge in [-0.25, -0.2) is 4.98 Å². The molecule has 0 spiro atoms. The van der Waals surface area contributed by atoms with E-state index < -0.39 is 0 Å². The minimum Gasteiger partial charge on any atom is -0.506 e. The number of hydrogen-bond acceptors (Lipinski definition) is 5. The second-order valence-electron chi connectivity index (χ2n) is 3.96. The van der Waals surface area contributed by atoms with Gasteiger partial charge >= 0.3 is 0 Å². The maximum Gasteiger partial charge on any atom is 0.174 e. The fraction of sp³-hybridized carbons (Fsp3) is 0.154. The molecule has 0 atom stereocenters. The standard InChI is InChI=1S/C13H14N4O/c1-17(2)10-6-7-11(12(18)9-10)15-16-13-5-3-4-8-14-13/h3-9,18H,1-2H3. The summed E-state index contributed by atoms with van der Waals surface area (Å²) in [5.74, 6) is 0.606. The molecule has 5 nitrogen and oxygen atoms in total. The lowest BCUT2D eigenvalue weighted by Gasteiger charge is -2.12. The molecule has 0 saturated carbocycles. The van der Waals surface area contributed by atoms with Gasteiger partial charge in [-0.1, -0.05) is 6.07 Å². The van der Waals surface area contributed by atoms with E-state index in [2.05, 4.69) is 15.2 Å². The third-order valence-corrected chi connectivity index (χ3v) is 2.38. The van der Waals surface area contributed by atoms with Crippen molar-refractivity contribution in [3.63, 3.8) is 0 Å². The zero-order valence-electron chi connectivity index (χ0n) is 10.3. The molecule has 0 unspecified atom stereocenters. The Kier molecular flexibility index (Phi) is 3.52. The third-order valence-electron chi connectivity index (χ3n) is 2.38. The molecule has 1 heterocycles. The highest BCUT2D eigenvalue weighted by Gasteiger charge is 2.03. The van der Waals surface area contributed by atoms with Crippen LogP contribution >= 0.6 is 0 Å². The maximum atomic E-state index is 9.82. The molecule has 1 aromatic carbocycles. The van der Waals surface area contributed by atoms with Crippen molar-refractivity contribution >= 4 is 17.2 Å². The number of aromatic hydroxyl groups is 1. The Hall–Kier alpha value is -2.43. The number of pyridine rings is 1. The average molecular weight is 242 g/mol. The van der Waals surface area contributed by atoms with Crippen LogP contribution in [-0.2, 0) is 0 Å². The van der Waals surface area contributed by atoms with Gasteiger partial charge in [0.05, 0.1) is 0 Å². The van der Waals surface area contributed by atoms with Crippen LogP contribution in [-0.4, -0.2) is 24.2 Å². The van der Waals surface area contributed by atoms with E-state index in [1.54, 1.807) is 24.4 Å². The van der Waals surface area contributed by atoms with Crippen molar-refractivity contribution in [2.75, 3.05) is 19.0 Å². The minimum atomic E-state index is 0.0980. The zero-order chi connectivity index (χ0) is 13.0. The quantitative estimate of drug-likeness (QED) is 0.840. The second-order valence-corrected chi connectivity index (χ2v) is 3.96. The molecule has 2 aromatic rings. The Morgan fingerprint density at radius 1 is 1.11 bits per heavy atom. The summed E-state index contributed by atoms with van der Waals surface area (Å²) in [5.41, 5.74) is 1.33. The third kappa shape index (κ3) is 2.82. The fourth-order valence-corrected chi connectivity index (χ4v) is 1.39. The minimum absolute atomic E-state index is 0.0980. The molecule has 0 radical (unpaired) electrons. The van der Waals surface area contributed by atoms with Crippen LogP contribution in [0.15, 0.2) is 52.8 Å². The van der Waals surface area contributed by atoms with Crippen molar-refractivity contribution in [2.45, 2.75) is 0 Å². The van der Waals surface area contributed by atoms with Gasteiger partial charge in [0.1, 0.15) is 11.4 Å². The summed E-state index contributed by atoms with van der Waals surface area (Å²) < 4.78 is 0. The molecule has 0 saturated heterocycles. The van der Waals surface area contributed by atoms with Gasteiger partial charge < -0.3 is 10.0 Å². The number of phenols is 1. The molecule has 0 fully saturated rings. The number of benzene rings is 1. The van der Waals surface area contributed by atoms with E-state index in [1.165, 1.54) is 0 Å². The highest BCUT2D eigenvalue weighted by atomic mass is 16.3. The van der Waals surface area contributed by atoms with Gasteiger partial charge in [0.15, 0.2) is 5.82 Å². The monoisotopic (exact) mass is 242 g/mol. The second kappa shape index (κ2) is 5.27. The fourth-order valence-electron chi connectivity index (χ4n) is 1.39. The highest BCUT2D eigenvalue weighted by Crippen LogP contribution is 2.31. The zero-order valence-corrected chi connectivity index (χ0v) is 10.3. The van der Waals surface area contributed by atoms with Crippen LogP contribution in [0.3, 0.4) is 0 Å². The molecule has 5 heteroatoms. The van der Waals surface area contributed by atoms with Crippen molar-refractivity contribution in [3.8, 4) is 5.75 Å². The summed E-state index contributed by atoms with van der Waals surface area (Å²) in [5, 5.41) is 17.7. The number of aromatic nitrogens is 1. The number of nitrogens with zero attached hydrogens (tertiary/aromatic N) is 4. The van der Waals surface area contributed by atoms with E-state index in [0.717, 1.165) is 5.69 Å². The van der Waals surface area contributed by atoms with Crippen LogP contribution < -0.4 is 4.90 Å². The first-order valence-corrected chi connectivity index (χ1v) is 5.50. The Morgan fingerprint density at radius 3 is 2.56 bits per heavy atom. The summed E-state index contributed by atoms with van der Waals surface area (Å²) in [6.07, 6.45) is 1.64. The van der Waals surface area contributed by atoms with Crippen molar-refractivity contribution in [2.24, 2.45) is 10.2 Å². The summed E-state index contributed by atoms with van der Waals surface area (Å²) in [7, 11) is 3.81. The molecule has 2 rings (SSSR count). The topological polar surface area (TPSA) is 61.1 Å². The molecule has 18 heavy (non-hydrogen) atoms. The Morgan fingerprint density at radius 2 is 1.94 bits per heavy atom. The predicted molar refractivity (Wildman–Crippen MR) is 70.8 cm³/mol. The number of rotatable bonds is 3. The van der Waals surface area contributed by atoms with E-state index in [9.17, 15) is 5.11 Å². The largest absolute Gasteiger partial charge is 0.506 e. The van der Waals surface area contributed by atoms with Gasteiger partial charge in [0.25, 0.3) is 0 Å². The smallest absolute Gasteiger partial charge is 0.174 e. The van der Waals surface area contributed by atoms with Crippen molar-refractivity contribution in [3.05, 3.63) is 42.6 Å². The molecule has 1 aromatic heterocycles. The Labute approximate surface area is 105 Å². The van der Waals surface area contributed by atoms with E-state index in [1.807, 2.05) is 37.2 Å². The Balaban J connectivity index is 2.22. The van der Waals surface area contributed by atoms with Crippen molar-refractivity contribution in [1.29, 1.82) is 0 Å². The van der Waals surface area contributed by atoms with E-state index >= 15 is 0 Å². The first-order chi connectivity index (χ1) is 8.66. The summed E-state index contributed by atoms with van der Waals surface area (Å²) >= 11 is 0. The van der Waals surface area contributed by atoms with E-state index in [4.69, 9.17) is 0 Å². The lowest BCUT2D eigenvalue weighted by molar-refractivity contribution is 0.476. The first-order valence-electron chi connectivity index (χ1n) is 5.50. The maximum absolute atomic E-state index is 9.82. The van der Waals surface area contributed by atoms with Crippen LogP contribution in [0.2, 0.25) is 0 Å². The van der Waals surface area contributed by atoms with Crippen molar-refractivity contribution < 1.29 is 5.11 Å². The van der Waals surface area contributed by atoms with Crippen molar-refractivity contribution in [1.82, 2.24) is 4.98 Å². The summed E-state index contributed by atoms with van der Waals surface area (Å²) in [4.78, 5) is 5.92. The van der Waals surface area contributed by atoms with Gasteiger partial charge in [0.2, 0.25) is 0 Å². The number of anilines is 1. The number of phenolic OH excluding ortho intramolecular Hbond substituents is 1. The van der Waals surface area contributed by atoms with E-state index in [-0.39, 0.29) is 5.75 Å². The molecule has 0 bridgehead atoms. The van der Waals surface area contributed by atoms with Gasteiger partial charge in [-0.3, -0.25) is 0 Å².